The van der Waals surface area contributed by atoms with Crippen LogP contribution in [0, 0.1) is 5.92 Å². The van der Waals surface area contributed by atoms with Gasteiger partial charge in [-0.05, 0) is 41.8 Å². The summed E-state index contributed by atoms with van der Waals surface area (Å²) < 4.78 is 28.5. The van der Waals surface area contributed by atoms with Crippen molar-refractivity contribution in [3.8, 4) is 5.75 Å². The number of carbonyl (C=O) groups is 1. The molecule has 6 nitrogen and oxygen atoms in total. The minimum atomic E-state index is -3.07. The molecule has 1 aliphatic rings. The van der Waals surface area contributed by atoms with Crippen LogP contribution in [0.1, 0.15) is 17.5 Å². The summed E-state index contributed by atoms with van der Waals surface area (Å²) in [5.74, 6) is -0.150. The molecule has 1 saturated heterocycles. The van der Waals surface area contributed by atoms with Crippen molar-refractivity contribution < 1.29 is 17.9 Å². The standard InChI is InChI=1S/C19H20N2O4S/c22-19(17-10-11-26(23,24)14-17)21-20-12-15-6-8-18(9-7-15)25-13-16-4-2-1-3-5-16/h1-9,12,17H,10-11,13-14H2,(H,21,22)/b20-12-/t17-/m1/s1. The van der Waals surface area contributed by atoms with Crippen molar-refractivity contribution in [1.82, 2.24) is 5.43 Å². The average molecular weight is 372 g/mol. The Hall–Kier alpha value is -2.67. The van der Waals surface area contributed by atoms with Crippen LogP contribution in [0.4, 0.5) is 0 Å². The number of ether oxygens (including phenoxy) is 1. The van der Waals surface area contributed by atoms with Crippen LogP contribution in [0.3, 0.4) is 0 Å². The van der Waals surface area contributed by atoms with E-state index in [4.69, 9.17) is 4.74 Å². The van der Waals surface area contributed by atoms with E-state index < -0.39 is 15.8 Å². The molecule has 0 aliphatic carbocycles. The number of hydrazone groups is 1. The molecule has 0 aromatic heterocycles. The first-order valence-electron chi connectivity index (χ1n) is 8.32. The molecule has 1 aliphatic heterocycles. The third-order valence-corrected chi connectivity index (χ3v) is 5.89. The van der Waals surface area contributed by atoms with Crippen LogP contribution in [-0.2, 0) is 21.2 Å². The quantitative estimate of drug-likeness (QED) is 0.622. The number of hydrogen-bond acceptors (Lipinski definition) is 5. The van der Waals surface area contributed by atoms with Gasteiger partial charge in [-0.3, -0.25) is 4.79 Å². The van der Waals surface area contributed by atoms with Crippen LogP contribution in [0.2, 0.25) is 0 Å². The summed E-state index contributed by atoms with van der Waals surface area (Å²) in [6.45, 7) is 0.495. The van der Waals surface area contributed by atoms with Gasteiger partial charge in [0.1, 0.15) is 12.4 Å². The fourth-order valence-electron chi connectivity index (χ4n) is 2.65. The van der Waals surface area contributed by atoms with Gasteiger partial charge in [0, 0.05) is 0 Å². The van der Waals surface area contributed by atoms with Crippen molar-refractivity contribution in [2.24, 2.45) is 11.0 Å². The lowest BCUT2D eigenvalue weighted by atomic mass is 10.1. The van der Waals surface area contributed by atoms with E-state index in [1.54, 1.807) is 0 Å². The Kier molecular flexibility index (Phi) is 5.68. The number of nitrogens with zero attached hydrogens (tertiary/aromatic N) is 1. The molecule has 1 fully saturated rings. The van der Waals surface area contributed by atoms with Crippen LogP contribution in [0.25, 0.3) is 0 Å². The van der Waals surface area contributed by atoms with Crippen LogP contribution in [0.5, 0.6) is 5.75 Å². The summed E-state index contributed by atoms with van der Waals surface area (Å²) >= 11 is 0. The first-order chi connectivity index (χ1) is 12.5. The highest BCUT2D eigenvalue weighted by molar-refractivity contribution is 7.91. The molecule has 0 saturated carbocycles. The molecule has 0 radical (unpaired) electrons. The van der Waals surface area contributed by atoms with Gasteiger partial charge in [-0.2, -0.15) is 5.10 Å². The molecule has 0 unspecified atom stereocenters. The van der Waals surface area contributed by atoms with Gasteiger partial charge in [0.05, 0.1) is 23.6 Å². The maximum atomic E-state index is 11.9. The molecule has 7 heteroatoms. The maximum absolute atomic E-state index is 11.9. The number of nitrogens with one attached hydrogen (secondary N) is 1. The van der Waals surface area contributed by atoms with Crippen LogP contribution in [0.15, 0.2) is 59.7 Å². The number of hydrogen-bond donors (Lipinski definition) is 1. The Labute approximate surface area is 152 Å². The van der Waals surface area contributed by atoms with Crippen molar-refractivity contribution >= 4 is 22.0 Å². The number of benzene rings is 2. The lowest BCUT2D eigenvalue weighted by Gasteiger charge is -2.06. The van der Waals surface area contributed by atoms with E-state index in [-0.39, 0.29) is 17.4 Å². The summed E-state index contributed by atoms with van der Waals surface area (Å²) in [5.41, 5.74) is 4.30. The molecule has 1 heterocycles. The fraction of sp³-hybridized carbons (Fsp3) is 0.263. The van der Waals surface area contributed by atoms with Gasteiger partial charge in [0.2, 0.25) is 5.91 Å². The smallest absolute Gasteiger partial charge is 0.244 e. The van der Waals surface area contributed by atoms with Crippen molar-refractivity contribution in [3.05, 3.63) is 65.7 Å². The number of rotatable bonds is 6. The highest BCUT2D eigenvalue weighted by atomic mass is 32.2. The number of carbonyl (C=O) groups excluding carboxylic acids is 1. The molecular formula is C19H20N2O4S. The first-order valence-corrected chi connectivity index (χ1v) is 10.1. The Morgan fingerprint density at radius 2 is 1.88 bits per heavy atom. The minimum Gasteiger partial charge on any atom is -0.489 e. The van der Waals surface area contributed by atoms with Crippen LogP contribution >= 0.6 is 0 Å². The van der Waals surface area contributed by atoms with Crippen molar-refractivity contribution in [1.29, 1.82) is 0 Å². The van der Waals surface area contributed by atoms with Gasteiger partial charge in [-0.15, -0.1) is 0 Å². The minimum absolute atomic E-state index is 0.0687. The van der Waals surface area contributed by atoms with E-state index in [9.17, 15) is 13.2 Å². The second-order valence-electron chi connectivity index (χ2n) is 6.18. The van der Waals surface area contributed by atoms with Gasteiger partial charge in [0.15, 0.2) is 9.84 Å². The van der Waals surface area contributed by atoms with Gasteiger partial charge in [-0.25, -0.2) is 13.8 Å². The molecule has 136 valence electrons. The molecule has 0 spiro atoms. The van der Waals surface area contributed by atoms with Crippen LogP contribution < -0.4 is 10.2 Å². The van der Waals surface area contributed by atoms with E-state index in [1.165, 1.54) is 6.21 Å². The molecular weight excluding hydrogens is 352 g/mol. The Morgan fingerprint density at radius 1 is 1.15 bits per heavy atom. The molecule has 3 rings (SSSR count). The lowest BCUT2D eigenvalue weighted by molar-refractivity contribution is -0.124. The Balaban J connectivity index is 1.48. The average Bonchev–Trinajstić information content (AvgIpc) is 3.02. The highest BCUT2D eigenvalue weighted by Crippen LogP contribution is 2.18. The molecule has 1 N–H and O–H groups in total. The molecule has 26 heavy (non-hydrogen) atoms. The van der Waals surface area contributed by atoms with E-state index in [0.29, 0.717) is 13.0 Å². The summed E-state index contributed by atoms with van der Waals surface area (Å²) in [4.78, 5) is 11.9. The zero-order valence-electron chi connectivity index (χ0n) is 14.2. The van der Waals surface area contributed by atoms with Crippen LogP contribution in [-0.4, -0.2) is 32.0 Å². The zero-order valence-corrected chi connectivity index (χ0v) is 15.0. The second-order valence-corrected chi connectivity index (χ2v) is 8.41. The summed E-state index contributed by atoms with van der Waals surface area (Å²) in [6.07, 6.45) is 1.87. The lowest BCUT2D eigenvalue weighted by Crippen LogP contribution is -2.27. The van der Waals surface area contributed by atoms with Crippen molar-refractivity contribution in [2.45, 2.75) is 13.0 Å². The molecule has 2 aromatic rings. The van der Waals surface area contributed by atoms with E-state index in [2.05, 4.69) is 10.5 Å². The Bertz CT molecular complexity index is 878. The normalized spacial score (nSPS) is 18.7. The van der Waals surface area contributed by atoms with Crippen molar-refractivity contribution in [2.75, 3.05) is 11.5 Å². The maximum Gasteiger partial charge on any atom is 0.244 e. The largest absolute Gasteiger partial charge is 0.489 e. The van der Waals surface area contributed by atoms with Gasteiger partial charge >= 0.3 is 0 Å². The summed E-state index contributed by atoms with van der Waals surface area (Å²) in [6, 6.07) is 17.2. The van der Waals surface area contributed by atoms with E-state index in [0.717, 1.165) is 16.9 Å². The molecule has 2 aromatic carbocycles. The Morgan fingerprint density at radius 3 is 2.54 bits per heavy atom. The highest BCUT2D eigenvalue weighted by Gasteiger charge is 2.32. The van der Waals surface area contributed by atoms with E-state index in [1.807, 2.05) is 54.6 Å². The fourth-order valence-corrected chi connectivity index (χ4v) is 4.40. The predicted octanol–water partition coefficient (Wildman–Crippen LogP) is 2.15. The predicted molar refractivity (Wildman–Crippen MR) is 99.7 cm³/mol. The summed E-state index contributed by atoms with van der Waals surface area (Å²) in [7, 11) is -3.07. The van der Waals surface area contributed by atoms with Gasteiger partial charge in [0.25, 0.3) is 0 Å². The molecule has 1 amide bonds. The molecule has 1 atom stereocenters. The van der Waals surface area contributed by atoms with Gasteiger partial charge in [-0.1, -0.05) is 30.3 Å². The molecule has 0 bridgehead atoms. The SMILES string of the molecule is O=C(N/N=C\c1ccc(OCc2ccccc2)cc1)[C@@H]1CCS(=O)(=O)C1. The van der Waals surface area contributed by atoms with Gasteiger partial charge < -0.3 is 4.74 Å². The number of sulfone groups is 1. The number of amides is 1. The van der Waals surface area contributed by atoms with E-state index >= 15 is 0 Å². The zero-order chi connectivity index (χ0) is 18.4. The van der Waals surface area contributed by atoms with Crippen molar-refractivity contribution in [3.63, 3.8) is 0 Å². The second kappa shape index (κ2) is 8.14. The third-order valence-electron chi connectivity index (χ3n) is 4.12. The third kappa shape index (κ3) is 5.16. The first kappa shape index (κ1) is 18.1. The summed E-state index contributed by atoms with van der Waals surface area (Å²) in [5, 5.41) is 3.90. The monoisotopic (exact) mass is 372 g/mol. The topological polar surface area (TPSA) is 84.8 Å².